The highest BCUT2D eigenvalue weighted by Gasteiger charge is 2.43. The van der Waals surface area contributed by atoms with E-state index in [0.29, 0.717) is 0 Å². The summed E-state index contributed by atoms with van der Waals surface area (Å²) in [4.78, 5) is 24.2. The first-order valence-corrected chi connectivity index (χ1v) is 4.63. The van der Waals surface area contributed by atoms with Gasteiger partial charge < -0.3 is 9.84 Å². The summed E-state index contributed by atoms with van der Waals surface area (Å²) in [5.41, 5.74) is -1.38. The van der Waals surface area contributed by atoms with Crippen molar-refractivity contribution in [2.75, 3.05) is 0 Å². The maximum atomic E-state index is 13.4. The number of hydrogen-bond acceptors (Lipinski definition) is 4. The van der Waals surface area contributed by atoms with Crippen LogP contribution in [0.5, 0.6) is 0 Å². The lowest BCUT2D eigenvalue weighted by atomic mass is 10.2. The van der Waals surface area contributed by atoms with E-state index < -0.39 is 35.9 Å². The molecule has 6 nitrogen and oxygen atoms in total. The van der Waals surface area contributed by atoms with Gasteiger partial charge in [0.25, 0.3) is 5.56 Å². The quantitative estimate of drug-likeness (QED) is 0.659. The molecule has 1 aliphatic rings. The third-order valence-corrected chi connectivity index (χ3v) is 2.41. The fraction of sp³-hybridized carbons (Fsp3) is 0.556. The van der Waals surface area contributed by atoms with E-state index in [1.54, 1.807) is 0 Å². The van der Waals surface area contributed by atoms with Crippen LogP contribution >= 0.6 is 0 Å². The lowest BCUT2D eigenvalue weighted by Gasteiger charge is -2.16. The van der Waals surface area contributed by atoms with Gasteiger partial charge >= 0.3 is 5.69 Å². The SMILES string of the molecule is [2H]C[C@H]1O[C@@H](n2ccc(=O)[nH]c2=O)C(O)[C@H]1F. The molecule has 0 amide bonds. The van der Waals surface area contributed by atoms with Crippen molar-refractivity contribution in [2.45, 2.75) is 31.5 Å². The molecule has 0 radical (unpaired) electrons. The Labute approximate surface area is 90.7 Å². The topological polar surface area (TPSA) is 84.3 Å². The molecule has 0 spiro atoms. The number of alkyl halides is 1. The summed E-state index contributed by atoms with van der Waals surface area (Å²) >= 11 is 0. The lowest BCUT2D eigenvalue weighted by molar-refractivity contribution is -0.0349. The van der Waals surface area contributed by atoms with Gasteiger partial charge in [0.2, 0.25) is 0 Å². The Morgan fingerprint density at radius 1 is 1.69 bits per heavy atom. The van der Waals surface area contributed by atoms with Gasteiger partial charge in [-0.1, -0.05) is 0 Å². The molecule has 2 N–H and O–H groups in total. The molecule has 1 aromatic heterocycles. The molecule has 1 fully saturated rings. The summed E-state index contributed by atoms with van der Waals surface area (Å²) in [6.07, 6.45) is -4.43. The van der Waals surface area contributed by atoms with Crippen LogP contribution in [-0.4, -0.2) is 33.0 Å². The molecule has 7 heteroatoms. The van der Waals surface area contributed by atoms with E-state index in [4.69, 9.17) is 6.11 Å². The van der Waals surface area contributed by atoms with Gasteiger partial charge in [0.15, 0.2) is 12.4 Å². The third kappa shape index (κ3) is 1.68. The van der Waals surface area contributed by atoms with E-state index in [1.165, 1.54) is 0 Å². The van der Waals surface area contributed by atoms with Gasteiger partial charge in [0.1, 0.15) is 6.10 Å². The molecule has 16 heavy (non-hydrogen) atoms. The van der Waals surface area contributed by atoms with Gasteiger partial charge in [-0.2, -0.15) is 0 Å². The molecular weight excluding hydrogens is 219 g/mol. The maximum absolute atomic E-state index is 13.4. The number of aromatic nitrogens is 2. The number of aliphatic hydroxyl groups is 1. The van der Waals surface area contributed by atoms with Crippen LogP contribution in [0.2, 0.25) is 0 Å². The number of aliphatic hydroxyl groups excluding tert-OH is 1. The summed E-state index contributed by atoms with van der Waals surface area (Å²) < 4.78 is 26.5. The molecule has 0 aromatic carbocycles. The Balaban J connectivity index is 2.35. The number of aromatic amines is 1. The van der Waals surface area contributed by atoms with Crippen molar-refractivity contribution in [1.82, 2.24) is 9.55 Å². The van der Waals surface area contributed by atoms with Gasteiger partial charge in [0, 0.05) is 13.6 Å². The zero-order chi connectivity index (χ0) is 12.6. The molecule has 4 atom stereocenters. The van der Waals surface area contributed by atoms with Crippen molar-refractivity contribution in [3.05, 3.63) is 33.1 Å². The predicted molar refractivity (Wildman–Crippen MR) is 51.8 cm³/mol. The van der Waals surface area contributed by atoms with E-state index in [-0.39, 0.29) is 6.90 Å². The van der Waals surface area contributed by atoms with Crippen molar-refractivity contribution in [1.29, 1.82) is 0 Å². The lowest BCUT2D eigenvalue weighted by Crippen LogP contribution is -2.36. The molecule has 2 heterocycles. The minimum atomic E-state index is -1.73. The van der Waals surface area contributed by atoms with Crippen molar-refractivity contribution in [3.8, 4) is 0 Å². The Hall–Kier alpha value is -1.47. The van der Waals surface area contributed by atoms with Crippen LogP contribution in [0.3, 0.4) is 0 Å². The number of nitrogens with zero attached hydrogens (tertiary/aromatic N) is 1. The number of ether oxygens (including phenoxy) is 1. The van der Waals surface area contributed by atoms with Crippen molar-refractivity contribution >= 4 is 0 Å². The first kappa shape index (κ1) is 9.73. The van der Waals surface area contributed by atoms with Crippen molar-refractivity contribution in [2.24, 2.45) is 0 Å². The van der Waals surface area contributed by atoms with Gasteiger partial charge in [-0.15, -0.1) is 0 Å². The van der Waals surface area contributed by atoms with E-state index >= 15 is 0 Å². The van der Waals surface area contributed by atoms with Gasteiger partial charge in [0.05, 0.1) is 6.10 Å². The molecule has 0 bridgehead atoms. The predicted octanol–water partition coefficient (Wildman–Crippen LogP) is -0.847. The Morgan fingerprint density at radius 3 is 3.00 bits per heavy atom. The fourth-order valence-corrected chi connectivity index (χ4v) is 1.57. The smallest absolute Gasteiger partial charge is 0.330 e. The molecule has 0 aliphatic carbocycles. The third-order valence-electron chi connectivity index (χ3n) is 2.41. The standard InChI is InChI=1S/C9H11FN2O4/c1-4-6(10)7(14)8(16-4)12-3-2-5(13)11-9(12)15/h2-4,6-8,14H,1H3,(H,11,13,15)/t4-,6+,7?,8-/m1/s1/i1D. The molecule has 1 saturated heterocycles. The monoisotopic (exact) mass is 231 g/mol. The Bertz CT molecular complexity index is 516. The average Bonchev–Trinajstić information content (AvgIpc) is 2.57. The zero-order valence-electron chi connectivity index (χ0n) is 9.17. The minimum Gasteiger partial charge on any atom is -0.385 e. The number of halogens is 1. The number of nitrogens with one attached hydrogen (secondary N) is 1. The molecule has 2 rings (SSSR count). The van der Waals surface area contributed by atoms with E-state index in [2.05, 4.69) is 0 Å². The van der Waals surface area contributed by atoms with E-state index in [1.807, 2.05) is 4.98 Å². The van der Waals surface area contributed by atoms with E-state index in [0.717, 1.165) is 16.8 Å². The highest BCUT2D eigenvalue weighted by molar-refractivity contribution is 4.91. The highest BCUT2D eigenvalue weighted by atomic mass is 19.1. The maximum Gasteiger partial charge on any atom is 0.330 e. The van der Waals surface area contributed by atoms with Crippen LogP contribution in [-0.2, 0) is 4.74 Å². The second kappa shape index (κ2) is 3.84. The van der Waals surface area contributed by atoms with Crippen LogP contribution in [0.25, 0.3) is 0 Å². The molecule has 88 valence electrons. The van der Waals surface area contributed by atoms with Crippen molar-refractivity contribution in [3.63, 3.8) is 0 Å². The first-order chi connectivity index (χ1) is 8.04. The van der Waals surface area contributed by atoms with Gasteiger partial charge in [-0.3, -0.25) is 14.3 Å². The van der Waals surface area contributed by atoms with Gasteiger partial charge in [-0.05, 0) is 6.90 Å². The average molecular weight is 231 g/mol. The second-order valence-electron chi connectivity index (χ2n) is 3.52. The highest BCUT2D eigenvalue weighted by Crippen LogP contribution is 2.29. The summed E-state index contributed by atoms with van der Waals surface area (Å²) in [7, 11) is 0. The normalized spacial score (nSPS) is 35.0. The minimum absolute atomic E-state index is 0.354. The number of H-pyrrole nitrogens is 1. The van der Waals surface area contributed by atoms with Crippen LogP contribution in [0, 0.1) is 0 Å². The first-order valence-electron chi connectivity index (χ1n) is 5.33. The van der Waals surface area contributed by atoms with Crippen LogP contribution in [0.15, 0.2) is 21.9 Å². The summed E-state index contributed by atoms with van der Waals surface area (Å²) in [6, 6.07) is 1.07. The van der Waals surface area contributed by atoms with Crippen LogP contribution in [0.4, 0.5) is 4.39 Å². The summed E-state index contributed by atoms with van der Waals surface area (Å²) in [6.45, 7) is -0.354. The molecular formula is C9H11FN2O4. The van der Waals surface area contributed by atoms with E-state index in [9.17, 15) is 19.1 Å². The second-order valence-corrected chi connectivity index (χ2v) is 3.52. The van der Waals surface area contributed by atoms with Crippen LogP contribution in [0.1, 0.15) is 14.5 Å². The number of hydrogen-bond donors (Lipinski definition) is 2. The van der Waals surface area contributed by atoms with Crippen molar-refractivity contribution < 1.29 is 15.6 Å². The molecule has 0 saturated carbocycles. The Morgan fingerprint density at radius 2 is 2.44 bits per heavy atom. The largest absolute Gasteiger partial charge is 0.385 e. The fourth-order valence-electron chi connectivity index (χ4n) is 1.57. The molecule has 1 unspecified atom stereocenters. The molecule has 1 aromatic rings. The zero-order valence-corrected chi connectivity index (χ0v) is 8.17. The van der Waals surface area contributed by atoms with Crippen LogP contribution < -0.4 is 11.2 Å². The summed E-state index contributed by atoms with van der Waals surface area (Å²) in [5, 5.41) is 9.57. The Kier molecular flexibility index (Phi) is 2.33. The van der Waals surface area contributed by atoms with Gasteiger partial charge in [-0.25, -0.2) is 9.18 Å². The molecule has 1 aliphatic heterocycles. The summed E-state index contributed by atoms with van der Waals surface area (Å²) in [5.74, 6) is 0. The number of rotatable bonds is 1.